The van der Waals surface area contributed by atoms with Crippen LogP contribution in [0.3, 0.4) is 0 Å². The molecule has 0 radical (unpaired) electrons. The standard InChI is InChI=1S/C24H20Cl2N4O4/c1-12-7-8-14(13(2)9-12)10-18(27-21(31)17-11-19(25)28-29-20(17)26)24(34)30-22(32)15-5-3-4-6-16(15)23(30)33/h3-9,11,18,24,34H,10H2,1-2H3,(H,27,31). The molecular formula is C24H20Cl2N4O4. The van der Waals surface area contributed by atoms with Gasteiger partial charge < -0.3 is 10.4 Å². The van der Waals surface area contributed by atoms with E-state index in [0.717, 1.165) is 21.6 Å². The summed E-state index contributed by atoms with van der Waals surface area (Å²) < 4.78 is 0. The van der Waals surface area contributed by atoms with Gasteiger partial charge in [0.2, 0.25) is 0 Å². The average Bonchev–Trinajstić information content (AvgIpc) is 3.06. The maximum Gasteiger partial charge on any atom is 0.263 e. The van der Waals surface area contributed by atoms with E-state index in [1.54, 1.807) is 12.1 Å². The van der Waals surface area contributed by atoms with Gasteiger partial charge in [-0.15, -0.1) is 10.2 Å². The normalized spacial score (nSPS) is 14.7. The lowest BCUT2D eigenvalue weighted by atomic mass is 9.97. The van der Waals surface area contributed by atoms with Crippen molar-refractivity contribution in [3.05, 3.63) is 92.2 Å². The molecule has 3 aromatic rings. The van der Waals surface area contributed by atoms with Crippen molar-refractivity contribution in [3.8, 4) is 0 Å². The summed E-state index contributed by atoms with van der Waals surface area (Å²) in [5, 5.41) is 20.9. The summed E-state index contributed by atoms with van der Waals surface area (Å²) in [4.78, 5) is 39.7. The van der Waals surface area contributed by atoms with Crippen molar-refractivity contribution in [2.24, 2.45) is 0 Å². The van der Waals surface area contributed by atoms with Crippen molar-refractivity contribution >= 4 is 40.9 Å². The van der Waals surface area contributed by atoms with E-state index in [-0.39, 0.29) is 33.4 Å². The van der Waals surface area contributed by atoms with Gasteiger partial charge in [0, 0.05) is 0 Å². The van der Waals surface area contributed by atoms with Gasteiger partial charge in [0.1, 0.15) is 0 Å². The summed E-state index contributed by atoms with van der Waals surface area (Å²) in [6.45, 7) is 3.85. The number of aliphatic hydroxyl groups excluding tert-OH is 1. The second-order valence-corrected chi connectivity index (χ2v) is 8.77. The first-order valence-corrected chi connectivity index (χ1v) is 11.1. The van der Waals surface area contributed by atoms with Crippen LogP contribution in [0.4, 0.5) is 0 Å². The lowest BCUT2D eigenvalue weighted by Gasteiger charge is -2.30. The molecule has 2 aromatic carbocycles. The van der Waals surface area contributed by atoms with Gasteiger partial charge in [0.25, 0.3) is 17.7 Å². The number of carbonyl (C=O) groups is 3. The number of amides is 3. The van der Waals surface area contributed by atoms with E-state index < -0.39 is 30.0 Å². The molecule has 0 bridgehead atoms. The van der Waals surface area contributed by atoms with Crippen LogP contribution in [0.25, 0.3) is 0 Å². The third-order valence-electron chi connectivity index (χ3n) is 5.67. The highest BCUT2D eigenvalue weighted by Gasteiger charge is 2.42. The fraction of sp³-hybridized carbons (Fsp3) is 0.208. The Morgan fingerprint density at radius 3 is 2.29 bits per heavy atom. The Bertz CT molecular complexity index is 1280. The molecule has 8 nitrogen and oxygen atoms in total. The fourth-order valence-corrected chi connectivity index (χ4v) is 4.25. The molecule has 10 heteroatoms. The number of benzene rings is 2. The van der Waals surface area contributed by atoms with Crippen LogP contribution in [0, 0.1) is 13.8 Å². The molecule has 1 aliphatic heterocycles. The number of imide groups is 1. The number of nitrogens with one attached hydrogen (secondary N) is 1. The summed E-state index contributed by atoms with van der Waals surface area (Å²) in [6.07, 6.45) is -1.52. The molecule has 4 rings (SSSR count). The van der Waals surface area contributed by atoms with E-state index in [0.29, 0.717) is 0 Å². The zero-order valence-electron chi connectivity index (χ0n) is 18.3. The van der Waals surface area contributed by atoms with Crippen LogP contribution in [0.1, 0.15) is 47.8 Å². The molecule has 0 spiro atoms. The number of aromatic nitrogens is 2. The Balaban J connectivity index is 1.68. The van der Waals surface area contributed by atoms with Crippen LogP contribution in [-0.2, 0) is 6.42 Å². The monoisotopic (exact) mass is 498 g/mol. The summed E-state index contributed by atoms with van der Waals surface area (Å²) in [5.74, 6) is -1.97. The van der Waals surface area contributed by atoms with E-state index in [9.17, 15) is 19.5 Å². The van der Waals surface area contributed by atoms with Crippen LogP contribution in [-0.4, -0.2) is 50.2 Å². The average molecular weight is 499 g/mol. The van der Waals surface area contributed by atoms with Crippen molar-refractivity contribution in [3.63, 3.8) is 0 Å². The Kier molecular flexibility index (Phi) is 6.65. The second kappa shape index (κ2) is 9.50. The van der Waals surface area contributed by atoms with Crippen LogP contribution in [0.5, 0.6) is 0 Å². The predicted octanol–water partition coefficient (Wildman–Crippen LogP) is 3.36. The Labute approximate surface area is 205 Å². The molecule has 1 aliphatic rings. The van der Waals surface area contributed by atoms with Crippen molar-refractivity contribution in [1.29, 1.82) is 0 Å². The van der Waals surface area contributed by atoms with Crippen LogP contribution in [0.15, 0.2) is 48.5 Å². The summed E-state index contributed by atoms with van der Waals surface area (Å²) >= 11 is 11.9. The quantitative estimate of drug-likeness (QED) is 0.503. The molecule has 3 amide bonds. The summed E-state index contributed by atoms with van der Waals surface area (Å²) in [5.41, 5.74) is 3.13. The van der Waals surface area contributed by atoms with Crippen LogP contribution < -0.4 is 5.32 Å². The molecule has 0 saturated carbocycles. The zero-order valence-corrected chi connectivity index (χ0v) is 19.8. The van der Waals surface area contributed by atoms with Crippen molar-refractivity contribution in [2.45, 2.75) is 32.5 Å². The Morgan fingerprint density at radius 2 is 1.68 bits per heavy atom. The molecule has 0 saturated heterocycles. The van der Waals surface area contributed by atoms with Crippen LogP contribution in [0.2, 0.25) is 10.3 Å². The predicted molar refractivity (Wildman–Crippen MR) is 126 cm³/mol. The Hall–Kier alpha value is -3.33. The first kappa shape index (κ1) is 23.8. The first-order valence-electron chi connectivity index (χ1n) is 10.4. The van der Waals surface area contributed by atoms with Gasteiger partial charge in [-0.05, 0) is 49.6 Å². The summed E-state index contributed by atoms with van der Waals surface area (Å²) in [7, 11) is 0. The lowest BCUT2D eigenvalue weighted by Crippen LogP contribution is -2.54. The number of aryl methyl sites for hydroxylation is 2. The third-order valence-corrected chi connectivity index (χ3v) is 6.13. The van der Waals surface area contributed by atoms with Crippen molar-refractivity contribution in [1.82, 2.24) is 20.4 Å². The van der Waals surface area contributed by atoms with Gasteiger partial charge in [-0.2, -0.15) is 0 Å². The molecule has 2 unspecified atom stereocenters. The van der Waals surface area contributed by atoms with Gasteiger partial charge in [-0.25, -0.2) is 4.90 Å². The minimum absolute atomic E-state index is 0.0404. The zero-order chi connectivity index (χ0) is 24.6. The molecular weight excluding hydrogens is 479 g/mol. The van der Waals surface area contributed by atoms with Crippen molar-refractivity contribution < 1.29 is 19.5 Å². The molecule has 0 fully saturated rings. The van der Waals surface area contributed by atoms with Gasteiger partial charge in [0.15, 0.2) is 16.5 Å². The second-order valence-electron chi connectivity index (χ2n) is 8.03. The molecule has 0 aliphatic carbocycles. The molecule has 2 atom stereocenters. The first-order chi connectivity index (χ1) is 16.2. The maximum atomic E-state index is 13.0. The minimum Gasteiger partial charge on any atom is -0.371 e. The molecule has 2 heterocycles. The topological polar surface area (TPSA) is 112 Å². The van der Waals surface area contributed by atoms with E-state index in [1.807, 2.05) is 32.0 Å². The van der Waals surface area contributed by atoms with E-state index in [4.69, 9.17) is 23.2 Å². The SMILES string of the molecule is Cc1ccc(CC(NC(=O)c2cc(Cl)nnc2Cl)C(O)N2C(=O)c3ccccc3C2=O)c(C)c1. The highest BCUT2D eigenvalue weighted by atomic mass is 35.5. The highest BCUT2D eigenvalue weighted by Crippen LogP contribution is 2.26. The van der Waals surface area contributed by atoms with Gasteiger partial charge in [-0.3, -0.25) is 14.4 Å². The lowest BCUT2D eigenvalue weighted by molar-refractivity contribution is -0.00303. The molecule has 2 N–H and O–H groups in total. The summed E-state index contributed by atoms with van der Waals surface area (Å²) in [6, 6.07) is 12.2. The third kappa shape index (κ3) is 4.52. The Morgan fingerprint density at radius 1 is 1.03 bits per heavy atom. The van der Waals surface area contributed by atoms with Crippen LogP contribution >= 0.6 is 23.2 Å². The van der Waals surface area contributed by atoms with Crippen molar-refractivity contribution in [2.75, 3.05) is 0 Å². The van der Waals surface area contributed by atoms with Gasteiger partial charge in [-0.1, -0.05) is 59.1 Å². The number of rotatable bonds is 6. The number of carbonyl (C=O) groups excluding carboxylic acids is 3. The highest BCUT2D eigenvalue weighted by molar-refractivity contribution is 6.34. The number of hydrogen-bond acceptors (Lipinski definition) is 6. The number of nitrogens with zero attached hydrogens (tertiary/aromatic N) is 3. The molecule has 1 aromatic heterocycles. The molecule has 174 valence electrons. The van der Waals surface area contributed by atoms with E-state index >= 15 is 0 Å². The van der Waals surface area contributed by atoms with E-state index in [1.165, 1.54) is 18.2 Å². The number of hydrogen-bond donors (Lipinski definition) is 2. The number of halogens is 2. The number of aliphatic hydroxyl groups is 1. The van der Waals surface area contributed by atoms with Gasteiger partial charge in [0.05, 0.1) is 22.7 Å². The van der Waals surface area contributed by atoms with Gasteiger partial charge >= 0.3 is 0 Å². The largest absolute Gasteiger partial charge is 0.371 e. The van der Waals surface area contributed by atoms with E-state index in [2.05, 4.69) is 15.5 Å². The fourth-order valence-electron chi connectivity index (χ4n) is 3.93. The minimum atomic E-state index is -1.65. The smallest absolute Gasteiger partial charge is 0.263 e. The molecule has 34 heavy (non-hydrogen) atoms. The number of fused-ring (bicyclic) bond motifs is 1. The maximum absolute atomic E-state index is 13.0.